The second kappa shape index (κ2) is 9.33. The second-order valence-electron chi connectivity index (χ2n) is 7.88. The molecule has 1 aliphatic heterocycles. The molecule has 0 spiro atoms. The number of anilines is 2. The Balaban J connectivity index is 1.32. The second-order valence-corrected chi connectivity index (χ2v) is 9.17. The first-order chi connectivity index (χ1) is 16.1. The van der Waals surface area contributed by atoms with Crippen molar-refractivity contribution < 1.29 is 9.18 Å². The van der Waals surface area contributed by atoms with Crippen LogP contribution in [0, 0.1) is 5.95 Å². The molecule has 1 N–H and O–H groups in total. The lowest BCUT2D eigenvalue weighted by molar-refractivity contribution is 0.101. The maximum Gasteiger partial charge on any atom is 0.274 e. The van der Waals surface area contributed by atoms with Gasteiger partial charge in [0.1, 0.15) is 5.69 Å². The maximum absolute atomic E-state index is 13.5. The zero-order chi connectivity index (χ0) is 22.8. The lowest BCUT2D eigenvalue weighted by Gasteiger charge is -2.25. The van der Waals surface area contributed by atoms with Gasteiger partial charge in [-0.1, -0.05) is 29.8 Å². The third-order valence-electron chi connectivity index (χ3n) is 5.66. The Bertz CT molecular complexity index is 1270. The summed E-state index contributed by atoms with van der Waals surface area (Å²) >= 11 is 7.57. The SMILES string of the molecule is O=C(Nc1nc(C2CCCN2c2ccccc2)cs1)c1cc(Cl)cn1Cc1ccnc(F)c1. The van der Waals surface area contributed by atoms with Crippen LogP contribution in [0.15, 0.2) is 66.3 Å². The summed E-state index contributed by atoms with van der Waals surface area (Å²) < 4.78 is 15.1. The fourth-order valence-corrected chi connectivity index (χ4v) is 5.17. The van der Waals surface area contributed by atoms with Crippen LogP contribution in [0.2, 0.25) is 5.02 Å². The number of carbonyl (C=O) groups excluding carboxylic acids is 1. The highest BCUT2D eigenvalue weighted by atomic mass is 35.5. The van der Waals surface area contributed by atoms with E-state index in [1.807, 2.05) is 23.6 Å². The molecule has 0 radical (unpaired) electrons. The van der Waals surface area contributed by atoms with Gasteiger partial charge in [-0.3, -0.25) is 10.1 Å². The average Bonchev–Trinajstić information content (AvgIpc) is 3.54. The van der Waals surface area contributed by atoms with Crippen LogP contribution in [-0.4, -0.2) is 27.0 Å². The van der Waals surface area contributed by atoms with Crippen LogP contribution in [0.4, 0.5) is 15.2 Å². The molecule has 1 aromatic carbocycles. The van der Waals surface area contributed by atoms with Crippen molar-refractivity contribution in [2.45, 2.75) is 25.4 Å². The van der Waals surface area contributed by atoms with Crippen molar-refractivity contribution in [2.75, 3.05) is 16.8 Å². The molecule has 1 atom stereocenters. The maximum atomic E-state index is 13.5. The van der Waals surface area contributed by atoms with Gasteiger partial charge in [0.15, 0.2) is 5.13 Å². The lowest BCUT2D eigenvalue weighted by Crippen LogP contribution is -2.22. The summed E-state index contributed by atoms with van der Waals surface area (Å²) in [6.45, 7) is 1.28. The summed E-state index contributed by atoms with van der Waals surface area (Å²) in [4.78, 5) is 23.6. The monoisotopic (exact) mass is 481 g/mol. The Morgan fingerprint density at radius 2 is 2.09 bits per heavy atom. The van der Waals surface area contributed by atoms with Gasteiger partial charge >= 0.3 is 0 Å². The number of hydrogen-bond donors (Lipinski definition) is 1. The first-order valence-corrected chi connectivity index (χ1v) is 11.9. The Hall–Kier alpha value is -3.23. The lowest BCUT2D eigenvalue weighted by atomic mass is 10.1. The van der Waals surface area contributed by atoms with E-state index >= 15 is 0 Å². The number of carbonyl (C=O) groups is 1. The molecule has 1 amide bonds. The Kier molecular flexibility index (Phi) is 6.11. The smallest absolute Gasteiger partial charge is 0.274 e. The van der Waals surface area contributed by atoms with E-state index in [4.69, 9.17) is 16.6 Å². The summed E-state index contributed by atoms with van der Waals surface area (Å²) in [7, 11) is 0. The van der Waals surface area contributed by atoms with Crippen LogP contribution in [0.5, 0.6) is 0 Å². The zero-order valence-electron chi connectivity index (χ0n) is 17.6. The molecule has 9 heteroatoms. The van der Waals surface area contributed by atoms with Crippen molar-refractivity contribution in [3.8, 4) is 0 Å². The van der Waals surface area contributed by atoms with E-state index in [1.54, 1.807) is 22.9 Å². The van der Waals surface area contributed by atoms with Crippen molar-refractivity contribution in [3.05, 3.63) is 94.2 Å². The van der Waals surface area contributed by atoms with Crippen LogP contribution >= 0.6 is 22.9 Å². The first kappa shape index (κ1) is 21.6. The summed E-state index contributed by atoms with van der Waals surface area (Å²) in [5.41, 5.74) is 3.19. The number of thiazole rings is 1. The highest BCUT2D eigenvalue weighted by Gasteiger charge is 2.28. The minimum absolute atomic E-state index is 0.189. The number of nitrogens with one attached hydrogen (secondary N) is 1. The zero-order valence-corrected chi connectivity index (χ0v) is 19.2. The van der Waals surface area contributed by atoms with Gasteiger partial charge in [-0.05, 0) is 48.7 Å². The first-order valence-electron chi connectivity index (χ1n) is 10.6. The number of pyridine rings is 1. The van der Waals surface area contributed by atoms with Gasteiger partial charge in [0.2, 0.25) is 5.95 Å². The predicted octanol–water partition coefficient (Wildman–Crippen LogP) is 5.77. The van der Waals surface area contributed by atoms with E-state index in [2.05, 4.69) is 27.3 Å². The van der Waals surface area contributed by atoms with Gasteiger partial charge in [0.25, 0.3) is 5.91 Å². The fraction of sp³-hybridized carbons (Fsp3) is 0.208. The number of para-hydroxylation sites is 1. The van der Waals surface area contributed by atoms with E-state index in [-0.39, 0.29) is 11.9 Å². The topological polar surface area (TPSA) is 63.1 Å². The van der Waals surface area contributed by atoms with E-state index in [1.165, 1.54) is 29.3 Å². The molecule has 0 bridgehead atoms. The number of halogens is 2. The third-order valence-corrected chi connectivity index (χ3v) is 6.65. The molecule has 4 aromatic rings. The van der Waals surface area contributed by atoms with Crippen molar-refractivity contribution in [2.24, 2.45) is 0 Å². The normalized spacial score (nSPS) is 15.7. The largest absolute Gasteiger partial charge is 0.363 e. The van der Waals surface area contributed by atoms with Crippen LogP contribution in [-0.2, 0) is 6.54 Å². The Labute approximate surface area is 199 Å². The number of aromatic nitrogens is 3. The van der Waals surface area contributed by atoms with Crippen molar-refractivity contribution in [1.82, 2.24) is 14.5 Å². The predicted molar refractivity (Wildman–Crippen MR) is 129 cm³/mol. The summed E-state index contributed by atoms with van der Waals surface area (Å²) in [5.74, 6) is -0.882. The molecule has 3 aromatic heterocycles. The number of rotatable bonds is 6. The van der Waals surface area contributed by atoms with E-state index in [9.17, 15) is 9.18 Å². The number of benzene rings is 1. The van der Waals surface area contributed by atoms with Crippen LogP contribution in [0.1, 0.15) is 40.6 Å². The van der Waals surface area contributed by atoms with Gasteiger partial charge in [-0.15, -0.1) is 11.3 Å². The van der Waals surface area contributed by atoms with E-state index < -0.39 is 5.95 Å². The van der Waals surface area contributed by atoms with Crippen LogP contribution in [0.25, 0.3) is 0 Å². The summed E-state index contributed by atoms with van der Waals surface area (Å²) in [6, 6.07) is 15.1. The molecular weight excluding hydrogens is 461 g/mol. The molecule has 33 heavy (non-hydrogen) atoms. The number of nitrogens with zero attached hydrogens (tertiary/aromatic N) is 4. The van der Waals surface area contributed by atoms with Gasteiger partial charge in [-0.25, -0.2) is 9.97 Å². The van der Waals surface area contributed by atoms with Gasteiger partial charge in [0.05, 0.1) is 16.8 Å². The van der Waals surface area contributed by atoms with Gasteiger partial charge in [-0.2, -0.15) is 4.39 Å². The molecule has 168 valence electrons. The number of amides is 1. The minimum Gasteiger partial charge on any atom is -0.363 e. The Morgan fingerprint density at radius 1 is 1.24 bits per heavy atom. The average molecular weight is 482 g/mol. The van der Waals surface area contributed by atoms with Crippen molar-refractivity contribution in [1.29, 1.82) is 0 Å². The molecule has 6 nitrogen and oxygen atoms in total. The molecular formula is C24H21ClFN5OS. The van der Waals surface area contributed by atoms with Gasteiger partial charge in [0, 0.05) is 36.6 Å². The van der Waals surface area contributed by atoms with Crippen LogP contribution in [0.3, 0.4) is 0 Å². The van der Waals surface area contributed by atoms with Crippen LogP contribution < -0.4 is 10.2 Å². The highest BCUT2D eigenvalue weighted by Crippen LogP contribution is 2.37. The fourth-order valence-electron chi connectivity index (χ4n) is 4.19. The molecule has 1 fully saturated rings. The summed E-state index contributed by atoms with van der Waals surface area (Å²) in [5, 5.41) is 5.86. The van der Waals surface area contributed by atoms with E-state index in [0.717, 1.165) is 25.1 Å². The van der Waals surface area contributed by atoms with E-state index in [0.29, 0.717) is 28.0 Å². The quantitative estimate of drug-likeness (QED) is 0.355. The molecule has 0 saturated carbocycles. The minimum atomic E-state index is -0.566. The third kappa shape index (κ3) is 4.77. The summed E-state index contributed by atoms with van der Waals surface area (Å²) in [6.07, 6.45) is 5.17. The van der Waals surface area contributed by atoms with Crippen molar-refractivity contribution >= 4 is 39.7 Å². The molecule has 1 unspecified atom stereocenters. The highest BCUT2D eigenvalue weighted by molar-refractivity contribution is 7.14. The number of hydrogen-bond acceptors (Lipinski definition) is 5. The van der Waals surface area contributed by atoms with Gasteiger partial charge < -0.3 is 9.47 Å². The van der Waals surface area contributed by atoms with Crippen molar-refractivity contribution in [3.63, 3.8) is 0 Å². The Morgan fingerprint density at radius 3 is 2.91 bits per heavy atom. The molecule has 1 saturated heterocycles. The molecule has 5 rings (SSSR count). The molecule has 0 aliphatic carbocycles. The molecule has 4 heterocycles. The molecule has 1 aliphatic rings. The standard InChI is InChI=1S/C24H21ClFN5OS/c25-17-12-21(30(14-17)13-16-8-9-27-22(26)11-16)23(32)29-24-28-19(15-33-24)20-7-4-10-31(20)18-5-2-1-3-6-18/h1-3,5-6,8-9,11-12,14-15,20H,4,7,10,13H2,(H,28,29,32).